The minimum Gasteiger partial charge on any atom is -0.497 e. The zero-order valence-electron chi connectivity index (χ0n) is 19.2. The quantitative estimate of drug-likeness (QED) is 0.424. The highest BCUT2D eigenvalue weighted by atomic mass is 79.9. The van der Waals surface area contributed by atoms with E-state index < -0.39 is 17.1 Å². The van der Waals surface area contributed by atoms with E-state index in [0.29, 0.717) is 33.0 Å². The SMILES string of the molecule is CC[C@H](C)Oc1c(Br)cc(/C=C2/SC(=O)N(CC(=O)Nc3ccc(OC)cc3)C2=O)cc1OC. The van der Waals surface area contributed by atoms with Crippen molar-refractivity contribution in [2.75, 3.05) is 26.1 Å². The summed E-state index contributed by atoms with van der Waals surface area (Å²) in [4.78, 5) is 38.8. The summed E-state index contributed by atoms with van der Waals surface area (Å²) in [5, 5.41) is 2.16. The predicted molar refractivity (Wildman–Crippen MR) is 135 cm³/mol. The Labute approximate surface area is 210 Å². The molecule has 0 radical (unpaired) electrons. The van der Waals surface area contributed by atoms with Crippen LogP contribution in [0.3, 0.4) is 0 Å². The lowest BCUT2D eigenvalue weighted by Crippen LogP contribution is -2.36. The Kier molecular flexibility index (Phi) is 8.62. The molecule has 1 heterocycles. The lowest BCUT2D eigenvalue weighted by molar-refractivity contribution is -0.127. The minimum atomic E-state index is -0.532. The molecule has 1 aliphatic heterocycles. The average Bonchev–Trinajstić information content (AvgIpc) is 3.08. The number of rotatable bonds is 9. The highest BCUT2D eigenvalue weighted by Gasteiger charge is 2.36. The van der Waals surface area contributed by atoms with Crippen LogP contribution in [0.5, 0.6) is 17.2 Å². The molecule has 0 aromatic heterocycles. The first-order valence-electron chi connectivity index (χ1n) is 10.5. The van der Waals surface area contributed by atoms with Gasteiger partial charge in [-0.25, -0.2) is 0 Å². The minimum absolute atomic E-state index is 0.00314. The van der Waals surface area contributed by atoms with E-state index >= 15 is 0 Å². The highest BCUT2D eigenvalue weighted by Crippen LogP contribution is 2.39. The number of benzene rings is 2. The number of amides is 3. The molecule has 2 aromatic carbocycles. The van der Waals surface area contributed by atoms with Crippen molar-refractivity contribution in [1.29, 1.82) is 0 Å². The molecule has 1 N–H and O–H groups in total. The first kappa shape index (κ1) is 25.6. The number of methoxy groups -OCH3 is 2. The molecule has 10 heteroatoms. The van der Waals surface area contributed by atoms with Gasteiger partial charge in [-0.3, -0.25) is 19.3 Å². The molecule has 2 aromatic rings. The summed E-state index contributed by atoms with van der Waals surface area (Å²) in [7, 11) is 3.08. The van der Waals surface area contributed by atoms with Gasteiger partial charge >= 0.3 is 0 Å². The Morgan fingerprint density at radius 1 is 1.18 bits per heavy atom. The summed E-state index contributed by atoms with van der Waals surface area (Å²) in [5.74, 6) is 0.702. The number of imide groups is 1. The fourth-order valence-electron chi connectivity index (χ4n) is 3.03. The Bertz CT molecular complexity index is 1120. The van der Waals surface area contributed by atoms with Crippen molar-refractivity contribution < 1.29 is 28.6 Å². The van der Waals surface area contributed by atoms with Crippen LogP contribution in [0.4, 0.5) is 10.5 Å². The van der Waals surface area contributed by atoms with Crippen LogP contribution in [0.15, 0.2) is 45.8 Å². The van der Waals surface area contributed by atoms with Crippen LogP contribution < -0.4 is 19.5 Å². The number of anilines is 1. The second-order valence-electron chi connectivity index (χ2n) is 7.42. The van der Waals surface area contributed by atoms with Crippen LogP contribution in [0.1, 0.15) is 25.8 Å². The molecule has 1 atom stereocenters. The van der Waals surface area contributed by atoms with Gasteiger partial charge in [0.15, 0.2) is 11.5 Å². The molecular weight excluding hydrogens is 524 g/mol. The van der Waals surface area contributed by atoms with Gasteiger partial charge < -0.3 is 19.5 Å². The summed E-state index contributed by atoms with van der Waals surface area (Å²) in [6.07, 6.45) is 2.42. The van der Waals surface area contributed by atoms with Gasteiger partial charge in [-0.15, -0.1) is 0 Å². The summed E-state index contributed by atoms with van der Waals surface area (Å²) < 4.78 is 17.1. The van der Waals surface area contributed by atoms with Crippen molar-refractivity contribution >= 4 is 56.5 Å². The van der Waals surface area contributed by atoms with Crippen molar-refractivity contribution in [3.63, 3.8) is 0 Å². The summed E-state index contributed by atoms with van der Waals surface area (Å²) in [5.41, 5.74) is 1.18. The van der Waals surface area contributed by atoms with Crippen molar-refractivity contribution in [3.05, 3.63) is 51.3 Å². The van der Waals surface area contributed by atoms with Crippen molar-refractivity contribution in [1.82, 2.24) is 4.90 Å². The third-order valence-electron chi connectivity index (χ3n) is 4.99. The Balaban J connectivity index is 1.73. The standard InChI is InChI=1S/C24H25BrN2O6S/c1-5-14(2)33-22-18(25)10-15(11-19(22)32-4)12-20-23(29)27(24(30)34-20)13-21(28)26-16-6-8-17(31-3)9-7-16/h6-12,14H,5,13H2,1-4H3,(H,26,28)/b20-12+/t14-/m0/s1. The largest absolute Gasteiger partial charge is 0.497 e. The number of hydrogen-bond acceptors (Lipinski definition) is 7. The van der Waals surface area contributed by atoms with Crippen molar-refractivity contribution in [2.24, 2.45) is 0 Å². The number of thioether (sulfide) groups is 1. The summed E-state index contributed by atoms with van der Waals surface area (Å²) in [6, 6.07) is 10.3. The van der Waals surface area contributed by atoms with E-state index in [1.54, 1.807) is 49.6 Å². The molecule has 1 saturated heterocycles. The first-order valence-corrected chi connectivity index (χ1v) is 12.1. The topological polar surface area (TPSA) is 94.2 Å². The van der Waals surface area contributed by atoms with Crippen LogP contribution in [0.25, 0.3) is 6.08 Å². The van der Waals surface area contributed by atoms with Crippen LogP contribution in [0.2, 0.25) is 0 Å². The normalized spacial score (nSPS) is 15.4. The monoisotopic (exact) mass is 548 g/mol. The molecule has 1 fully saturated rings. The van der Waals surface area contributed by atoms with Crippen LogP contribution in [-0.4, -0.2) is 48.8 Å². The van der Waals surface area contributed by atoms with E-state index in [9.17, 15) is 14.4 Å². The molecule has 0 spiro atoms. The number of nitrogens with one attached hydrogen (secondary N) is 1. The number of carbonyl (C=O) groups excluding carboxylic acids is 3. The van der Waals surface area contributed by atoms with Gasteiger partial charge in [-0.2, -0.15) is 0 Å². The second-order valence-corrected chi connectivity index (χ2v) is 9.26. The molecule has 0 bridgehead atoms. The number of carbonyl (C=O) groups is 3. The molecule has 1 aliphatic rings. The molecule has 8 nitrogen and oxygen atoms in total. The molecule has 34 heavy (non-hydrogen) atoms. The smallest absolute Gasteiger partial charge is 0.294 e. The highest BCUT2D eigenvalue weighted by molar-refractivity contribution is 9.10. The van der Waals surface area contributed by atoms with E-state index in [4.69, 9.17) is 14.2 Å². The second kappa shape index (κ2) is 11.4. The molecule has 180 valence electrons. The van der Waals surface area contributed by atoms with Gasteiger partial charge in [0, 0.05) is 5.69 Å². The fourth-order valence-corrected chi connectivity index (χ4v) is 4.42. The van der Waals surface area contributed by atoms with E-state index in [2.05, 4.69) is 21.2 Å². The molecule has 3 amide bonds. The zero-order chi connectivity index (χ0) is 24.8. The third kappa shape index (κ3) is 6.12. The Morgan fingerprint density at radius 2 is 1.88 bits per heavy atom. The molecule has 0 saturated carbocycles. The maximum absolute atomic E-state index is 12.8. The molecule has 0 aliphatic carbocycles. The van der Waals surface area contributed by atoms with Crippen LogP contribution >= 0.6 is 27.7 Å². The van der Waals surface area contributed by atoms with Gasteiger partial charge in [0.25, 0.3) is 11.1 Å². The average molecular weight is 549 g/mol. The van der Waals surface area contributed by atoms with Crippen LogP contribution in [-0.2, 0) is 9.59 Å². The van der Waals surface area contributed by atoms with E-state index in [-0.39, 0.29) is 17.6 Å². The maximum atomic E-state index is 12.8. The molecular formula is C24H25BrN2O6S. The van der Waals surface area contributed by atoms with Crippen molar-refractivity contribution in [3.8, 4) is 17.2 Å². The Morgan fingerprint density at radius 3 is 2.50 bits per heavy atom. The molecule has 3 rings (SSSR count). The predicted octanol–water partition coefficient (Wildman–Crippen LogP) is 5.32. The number of nitrogens with zero attached hydrogens (tertiary/aromatic N) is 1. The third-order valence-corrected chi connectivity index (χ3v) is 6.49. The summed E-state index contributed by atoms with van der Waals surface area (Å²) >= 11 is 4.28. The Hall–Kier alpha value is -2.98. The van der Waals surface area contributed by atoms with E-state index in [0.717, 1.165) is 23.1 Å². The maximum Gasteiger partial charge on any atom is 0.294 e. The van der Waals surface area contributed by atoms with Gasteiger partial charge in [0.2, 0.25) is 5.91 Å². The fraction of sp³-hybridized carbons (Fsp3) is 0.292. The van der Waals surface area contributed by atoms with Crippen LogP contribution in [0, 0.1) is 0 Å². The molecule has 0 unspecified atom stereocenters. The van der Waals surface area contributed by atoms with Gasteiger partial charge in [0.05, 0.1) is 29.7 Å². The first-order chi connectivity index (χ1) is 16.2. The van der Waals surface area contributed by atoms with E-state index in [1.165, 1.54) is 7.11 Å². The lowest BCUT2D eigenvalue weighted by atomic mass is 10.1. The van der Waals surface area contributed by atoms with Gasteiger partial charge in [0.1, 0.15) is 12.3 Å². The van der Waals surface area contributed by atoms with E-state index in [1.807, 2.05) is 13.8 Å². The number of ether oxygens (including phenoxy) is 3. The number of hydrogen-bond donors (Lipinski definition) is 1. The lowest BCUT2D eigenvalue weighted by Gasteiger charge is -2.17. The number of halogens is 1. The van der Waals surface area contributed by atoms with Gasteiger partial charge in [-0.1, -0.05) is 6.92 Å². The summed E-state index contributed by atoms with van der Waals surface area (Å²) in [6.45, 7) is 3.59. The van der Waals surface area contributed by atoms with Gasteiger partial charge in [-0.05, 0) is 89.1 Å². The zero-order valence-corrected chi connectivity index (χ0v) is 21.6. The van der Waals surface area contributed by atoms with Crippen molar-refractivity contribution in [2.45, 2.75) is 26.4 Å².